The number of thiazole rings is 1. The summed E-state index contributed by atoms with van der Waals surface area (Å²) in [5.74, 6) is -0.0855. The summed E-state index contributed by atoms with van der Waals surface area (Å²) >= 11 is 1.00. The Bertz CT molecular complexity index is 1330. The smallest absolute Gasteiger partial charge is 0.243 e. The Morgan fingerprint density at radius 3 is 1.94 bits per heavy atom. The topological polar surface area (TPSA) is 87.7 Å². The number of benzene rings is 2. The van der Waals surface area contributed by atoms with E-state index in [0.717, 1.165) is 16.9 Å². The number of aromatic nitrogens is 1. The maximum Gasteiger partial charge on any atom is 0.254 e. The summed E-state index contributed by atoms with van der Waals surface area (Å²) in [5, 5.41) is 0.472. The van der Waals surface area contributed by atoms with Crippen LogP contribution in [0.15, 0.2) is 63.8 Å². The van der Waals surface area contributed by atoms with Crippen molar-refractivity contribution in [3.8, 4) is 10.6 Å². The zero-order valence-corrected chi connectivity index (χ0v) is 20.6. The van der Waals surface area contributed by atoms with Crippen molar-refractivity contribution in [2.75, 3.05) is 26.2 Å². The standard InChI is InChI=1S/C22H24FN3O4S3/c1-16(2)17-5-9-20(10-6-17)32(27,28)25-11-13-26(14-12-25)33(29,30)21-15-24-22(31-21)18-3-7-19(23)8-4-18/h3-10,15-16H,11-14H2,1-2H3. The van der Waals surface area contributed by atoms with Crippen LogP contribution in [0.4, 0.5) is 4.39 Å². The fourth-order valence-corrected chi connectivity index (χ4v) is 7.69. The average Bonchev–Trinajstić information content (AvgIpc) is 3.31. The predicted molar refractivity (Wildman–Crippen MR) is 126 cm³/mol. The van der Waals surface area contributed by atoms with Gasteiger partial charge in [-0.3, -0.25) is 0 Å². The molecule has 0 spiro atoms. The Morgan fingerprint density at radius 1 is 0.848 bits per heavy atom. The largest absolute Gasteiger partial charge is 0.254 e. The third-order valence-corrected chi connectivity index (χ3v) is 10.8. The Morgan fingerprint density at radius 2 is 1.39 bits per heavy atom. The van der Waals surface area contributed by atoms with Gasteiger partial charge in [0.1, 0.15) is 10.8 Å². The summed E-state index contributed by atoms with van der Waals surface area (Å²) in [7, 11) is -7.51. The van der Waals surface area contributed by atoms with Gasteiger partial charge in [-0.25, -0.2) is 26.2 Å². The molecule has 11 heteroatoms. The Labute approximate surface area is 197 Å². The van der Waals surface area contributed by atoms with Gasteiger partial charge in [-0.1, -0.05) is 26.0 Å². The van der Waals surface area contributed by atoms with Crippen molar-refractivity contribution in [2.45, 2.75) is 28.9 Å². The van der Waals surface area contributed by atoms with E-state index in [4.69, 9.17) is 0 Å². The molecule has 1 fully saturated rings. The van der Waals surface area contributed by atoms with Crippen molar-refractivity contribution in [2.24, 2.45) is 0 Å². The van der Waals surface area contributed by atoms with Crippen molar-refractivity contribution in [3.63, 3.8) is 0 Å². The van der Waals surface area contributed by atoms with Gasteiger partial charge in [-0.05, 0) is 47.9 Å². The lowest BCUT2D eigenvalue weighted by Crippen LogP contribution is -2.50. The van der Waals surface area contributed by atoms with Crippen LogP contribution in [0.1, 0.15) is 25.3 Å². The molecule has 2 heterocycles. The monoisotopic (exact) mass is 509 g/mol. The molecule has 176 valence electrons. The third kappa shape index (κ3) is 4.87. The minimum absolute atomic E-state index is 0.0510. The van der Waals surface area contributed by atoms with E-state index in [-0.39, 0.29) is 41.1 Å². The highest BCUT2D eigenvalue weighted by atomic mass is 32.2. The molecule has 1 aromatic heterocycles. The quantitative estimate of drug-likeness (QED) is 0.505. The average molecular weight is 510 g/mol. The first-order valence-electron chi connectivity index (χ1n) is 10.4. The lowest BCUT2D eigenvalue weighted by atomic mass is 10.0. The molecule has 1 saturated heterocycles. The molecule has 33 heavy (non-hydrogen) atoms. The van der Waals surface area contributed by atoms with Crippen LogP contribution in [0.25, 0.3) is 10.6 Å². The van der Waals surface area contributed by atoms with E-state index >= 15 is 0 Å². The Kier molecular flexibility index (Phi) is 6.70. The SMILES string of the molecule is CC(C)c1ccc(S(=O)(=O)N2CCN(S(=O)(=O)c3cnc(-c4ccc(F)cc4)s3)CC2)cc1. The van der Waals surface area contributed by atoms with Crippen LogP contribution in [0.2, 0.25) is 0 Å². The number of halogens is 1. The second-order valence-electron chi connectivity index (χ2n) is 8.02. The van der Waals surface area contributed by atoms with Crippen molar-refractivity contribution >= 4 is 31.4 Å². The molecule has 0 N–H and O–H groups in total. The first kappa shape index (κ1) is 24.0. The van der Waals surface area contributed by atoms with Crippen molar-refractivity contribution in [1.82, 2.24) is 13.6 Å². The van der Waals surface area contributed by atoms with Gasteiger partial charge in [0.15, 0.2) is 4.21 Å². The van der Waals surface area contributed by atoms with Crippen LogP contribution < -0.4 is 0 Å². The molecular formula is C22H24FN3O4S3. The Hall–Kier alpha value is -2.18. The van der Waals surface area contributed by atoms with E-state index in [1.54, 1.807) is 36.4 Å². The first-order valence-corrected chi connectivity index (χ1v) is 14.1. The molecule has 7 nitrogen and oxygen atoms in total. The first-order chi connectivity index (χ1) is 15.6. The van der Waals surface area contributed by atoms with Crippen LogP contribution >= 0.6 is 11.3 Å². The highest BCUT2D eigenvalue weighted by molar-refractivity contribution is 7.91. The van der Waals surface area contributed by atoms with Crippen LogP contribution in [0.5, 0.6) is 0 Å². The van der Waals surface area contributed by atoms with Crippen LogP contribution in [0.3, 0.4) is 0 Å². The summed E-state index contributed by atoms with van der Waals surface area (Å²) in [6.45, 7) is 4.31. The van der Waals surface area contributed by atoms with E-state index < -0.39 is 20.0 Å². The summed E-state index contributed by atoms with van der Waals surface area (Å²) < 4.78 is 68.0. The fourth-order valence-electron chi connectivity index (χ4n) is 3.56. The van der Waals surface area contributed by atoms with Crippen LogP contribution in [-0.2, 0) is 20.0 Å². The summed E-state index contributed by atoms with van der Waals surface area (Å²) in [5.41, 5.74) is 1.68. The third-order valence-electron chi connectivity index (χ3n) is 5.55. The zero-order chi connectivity index (χ0) is 23.8. The predicted octanol–water partition coefficient (Wildman–Crippen LogP) is 3.77. The number of piperazine rings is 1. The van der Waals surface area contributed by atoms with Gasteiger partial charge in [-0.15, -0.1) is 11.3 Å². The molecule has 0 atom stereocenters. The van der Waals surface area contributed by atoms with Crippen molar-refractivity contribution < 1.29 is 21.2 Å². The number of sulfonamides is 2. The van der Waals surface area contributed by atoms with E-state index in [1.807, 2.05) is 13.8 Å². The second kappa shape index (κ2) is 9.22. The minimum Gasteiger partial charge on any atom is -0.243 e. The van der Waals surface area contributed by atoms with E-state index in [2.05, 4.69) is 4.98 Å². The van der Waals surface area contributed by atoms with Gasteiger partial charge in [0, 0.05) is 31.7 Å². The second-order valence-corrected chi connectivity index (χ2v) is 13.2. The zero-order valence-electron chi connectivity index (χ0n) is 18.2. The molecule has 0 saturated carbocycles. The van der Waals surface area contributed by atoms with E-state index in [1.165, 1.54) is 26.9 Å². The lowest BCUT2D eigenvalue weighted by Gasteiger charge is -2.32. The van der Waals surface area contributed by atoms with Gasteiger partial charge >= 0.3 is 0 Å². The number of nitrogens with zero attached hydrogens (tertiary/aromatic N) is 3. The Balaban J connectivity index is 1.46. The highest BCUT2D eigenvalue weighted by Gasteiger charge is 2.34. The molecule has 0 unspecified atom stereocenters. The van der Waals surface area contributed by atoms with E-state index in [0.29, 0.717) is 16.5 Å². The summed E-state index contributed by atoms with van der Waals surface area (Å²) in [6.07, 6.45) is 1.29. The van der Waals surface area contributed by atoms with Crippen molar-refractivity contribution in [3.05, 3.63) is 66.1 Å². The molecule has 1 aliphatic rings. The van der Waals surface area contributed by atoms with Gasteiger partial charge in [0.05, 0.1) is 11.1 Å². The molecule has 0 amide bonds. The van der Waals surface area contributed by atoms with Gasteiger partial charge < -0.3 is 0 Å². The molecule has 4 rings (SSSR count). The van der Waals surface area contributed by atoms with Crippen LogP contribution in [-0.4, -0.2) is 56.6 Å². The number of rotatable bonds is 6. The molecule has 1 aliphatic heterocycles. The van der Waals surface area contributed by atoms with Gasteiger partial charge in [0.2, 0.25) is 10.0 Å². The number of hydrogen-bond donors (Lipinski definition) is 0. The maximum absolute atomic E-state index is 13.1. The fraction of sp³-hybridized carbons (Fsp3) is 0.318. The molecular weight excluding hydrogens is 485 g/mol. The molecule has 2 aromatic carbocycles. The molecule has 0 bridgehead atoms. The molecule has 0 aliphatic carbocycles. The normalized spacial score (nSPS) is 16.4. The highest BCUT2D eigenvalue weighted by Crippen LogP contribution is 2.31. The van der Waals surface area contributed by atoms with Gasteiger partial charge in [-0.2, -0.15) is 8.61 Å². The summed E-state index contributed by atoms with van der Waals surface area (Å²) in [4.78, 5) is 4.38. The minimum atomic E-state index is -3.81. The van der Waals surface area contributed by atoms with Gasteiger partial charge in [0.25, 0.3) is 10.0 Å². The lowest BCUT2D eigenvalue weighted by molar-refractivity contribution is 0.273. The molecule has 3 aromatic rings. The van der Waals surface area contributed by atoms with E-state index in [9.17, 15) is 21.2 Å². The van der Waals surface area contributed by atoms with Crippen LogP contribution in [0, 0.1) is 5.82 Å². The molecule has 0 radical (unpaired) electrons. The number of hydrogen-bond acceptors (Lipinski definition) is 6. The summed E-state index contributed by atoms with van der Waals surface area (Å²) in [6, 6.07) is 12.5. The van der Waals surface area contributed by atoms with Crippen molar-refractivity contribution in [1.29, 1.82) is 0 Å². The maximum atomic E-state index is 13.1.